The summed E-state index contributed by atoms with van der Waals surface area (Å²) in [5.41, 5.74) is 0. The number of aliphatic carboxylic acids is 1. The zero-order valence-electron chi connectivity index (χ0n) is 41.1. The summed E-state index contributed by atoms with van der Waals surface area (Å²) < 4.78 is 17.3. The molecule has 8 heteroatoms. The second-order valence-electron chi connectivity index (χ2n) is 18.4. The van der Waals surface area contributed by atoms with Crippen molar-refractivity contribution < 1.29 is 38.2 Å². The lowest BCUT2D eigenvalue weighted by Gasteiger charge is -2.31. The van der Waals surface area contributed by atoms with E-state index in [0.717, 1.165) is 64.2 Å². The molecule has 0 saturated carbocycles. The van der Waals surface area contributed by atoms with Gasteiger partial charge in [0.1, 0.15) is 6.61 Å². The molecule has 0 spiro atoms. The Morgan fingerprint density at radius 3 is 1.35 bits per heavy atom. The van der Waals surface area contributed by atoms with Crippen molar-refractivity contribution in [3.05, 3.63) is 48.6 Å². The summed E-state index contributed by atoms with van der Waals surface area (Å²) in [6.07, 6.45) is 54.5. The maximum absolute atomic E-state index is 12.8. The van der Waals surface area contributed by atoms with Crippen molar-refractivity contribution in [3.8, 4) is 0 Å². The van der Waals surface area contributed by atoms with Crippen LogP contribution in [0.3, 0.4) is 0 Å². The minimum atomic E-state index is -0.879. The standard InChI is InChI=1S/C54H97NO7/c1-6-8-10-12-14-16-18-20-22-24-25-26-27-28-29-31-33-35-37-39-41-43-45-53(57)62-50(48-60-47-46-51(54(58)59)55(3,4)5)49-61-52(56)44-42-40-38-36-34-32-30-23-21-19-17-15-13-11-9-7-2/h23-25,27-28,30,32,34,50-51H,6-22,26,29,31,33,35-49H2,1-5H3/p+1/b25-24+,28-27+,30-23+,34-32+. The number of allylic oxidation sites excluding steroid dienone is 8. The van der Waals surface area contributed by atoms with Gasteiger partial charge in [-0.05, 0) is 70.6 Å². The SMILES string of the molecule is CCCCCCCCC/C=C/C=C/CCCCCC(=O)OCC(COCCC(C(=O)O)[N+](C)(C)C)OC(=O)CCCCCCCCC/C=C/C/C=C/CCCCCCCCCC. The zero-order chi connectivity index (χ0) is 45.6. The Morgan fingerprint density at radius 1 is 0.500 bits per heavy atom. The van der Waals surface area contributed by atoms with Gasteiger partial charge in [0, 0.05) is 19.3 Å². The monoisotopic (exact) mass is 873 g/mol. The molecule has 0 aromatic carbocycles. The van der Waals surface area contributed by atoms with Crippen molar-refractivity contribution in [2.75, 3.05) is 41.0 Å². The molecule has 0 heterocycles. The summed E-state index contributed by atoms with van der Waals surface area (Å²) in [7, 11) is 5.52. The third-order valence-corrected chi connectivity index (χ3v) is 11.5. The van der Waals surface area contributed by atoms with E-state index in [1.54, 1.807) is 0 Å². The number of carbonyl (C=O) groups excluding carboxylic acids is 2. The Morgan fingerprint density at radius 2 is 0.903 bits per heavy atom. The van der Waals surface area contributed by atoms with Gasteiger partial charge in [-0.1, -0.05) is 184 Å². The summed E-state index contributed by atoms with van der Waals surface area (Å²) in [4.78, 5) is 37.1. The first-order valence-corrected chi connectivity index (χ1v) is 25.7. The molecule has 0 rings (SSSR count). The summed E-state index contributed by atoms with van der Waals surface area (Å²) in [6.45, 7) is 4.71. The van der Waals surface area contributed by atoms with Gasteiger partial charge in [-0.2, -0.15) is 0 Å². The first-order chi connectivity index (χ1) is 30.1. The Labute approximate surface area is 382 Å². The smallest absolute Gasteiger partial charge is 0.362 e. The molecular weight excluding hydrogens is 775 g/mol. The van der Waals surface area contributed by atoms with Crippen LogP contribution in [0.1, 0.15) is 226 Å². The van der Waals surface area contributed by atoms with Crippen molar-refractivity contribution in [1.82, 2.24) is 0 Å². The molecule has 0 aromatic heterocycles. The van der Waals surface area contributed by atoms with Gasteiger partial charge in [-0.25, -0.2) is 4.79 Å². The molecule has 0 bridgehead atoms. The van der Waals surface area contributed by atoms with Gasteiger partial charge < -0.3 is 23.8 Å². The number of nitrogens with zero attached hydrogens (tertiary/aromatic N) is 1. The lowest BCUT2D eigenvalue weighted by atomic mass is 10.1. The molecule has 2 unspecified atom stereocenters. The van der Waals surface area contributed by atoms with E-state index in [4.69, 9.17) is 14.2 Å². The average molecular weight is 873 g/mol. The normalized spacial score (nSPS) is 13.2. The number of carboxylic acid groups (broad SMARTS) is 1. The predicted molar refractivity (Wildman–Crippen MR) is 261 cm³/mol. The van der Waals surface area contributed by atoms with Crippen molar-refractivity contribution >= 4 is 17.9 Å². The van der Waals surface area contributed by atoms with Gasteiger partial charge in [-0.3, -0.25) is 9.59 Å². The quantitative estimate of drug-likeness (QED) is 0.0214. The molecule has 0 aliphatic heterocycles. The summed E-state index contributed by atoms with van der Waals surface area (Å²) in [5, 5.41) is 9.65. The third kappa shape index (κ3) is 42.6. The number of likely N-dealkylation sites (N-methyl/N-ethyl adjacent to an activating group) is 1. The van der Waals surface area contributed by atoms with Gasteiger partial charge >= 0.3 is 17.9 Å². The van der Waals surface area contributed by atoms with Crippen LogP contribution in [0.4, 0.5) is 0 Å². The first-order valence-electron chi connectivity index (χ1n) is 25.7. The number of ether oxygens (including phenoxy) is 3. The highest BCUT2D eigenvalue weighted by Crippen LogP contribution is 2.14. The number of quaternary nitrogens is 1. The molecular formula is C54H98NO7+. The van der Waals surface area contributed by atoms with Crippen molar-refractivity contribution in [1.29, 1.82) is 0 Å². The second kappa shape index (κ2) is 44.9. The largest absolute Gasteiger partial charge is 0.477 e. The number of hydrogen-bond acceptors (Lipinski definition) is 6. The molecule has 2 atom stereocenters. The van der Waals surface area contributed by atoms with Crippen LogP contribution < -0.4 is 0 Å². The van der Waals surface area contributed by atoms with E-state index >= 15 is 0 Å². The van der Waals surface area contributed by atoms with Gasteiger partial charge in [0.15, 0.2) is 12.1 Å². The molecule has 0 aliphatic carbocycles. The lowest BCUT2D eigenvalue weighted by Crippen LogP contribution is -2.50. The van der Waals surface area contributed by atoms with Gasteiger partial charge in [0.2, 0.25) is 0 Å². The van der Waals surface area contributed by atoms with E-state index in [0.29, 0.717) is 19.3 Å². The van der Waals surface area contributed by atoms with Gasteiger partial charge in [0.25, 0.3) is 0 Å². The number of rotatable bonds is 46. The summed E-state index contributed by atoms with van der Waals surface area (Å²) in [5.74, 6) is -1.51. The first kappa shape index (κ1) is 59.3. The highest BCUT2D eigenvalue weighted by Gasteiger charge is 2.31. The number of esters is 2. The van der Waals surface area contributed by atoms with Gasteiger partial charge in [0.05, 0.1) is 34.4 Å². The average Bonchev–Trinajstić information content (AvgIpc) is 3.23. The minimum Gasteiger partial charge on any atom is -0.477 e. The van der Waals surface area contributed by atoms with Crippen LogP contribution in [0, 0.1) is 0 Å². The Balaban J connectivity index is 4.30. The minimum absolute atomic E-state index is 0.0492. The fraction of sp³-hybridized carbons (Fsp3) is 0.796. The topological polar surface area (TPSA) is 99.1 Å². The Bertz CT molecular complexity index is 1150. The second-order valence-corrected chi connectivity index (χ2v) is 18.4. The predicted octanol–water partition coefficient (Wildman–Crippen LogP) is 14.8. The van der Waals surface area contributed by atoms with Crippen molar-refractivity contribution in [2.45, 2.75) is 238 Å². The number of carbonyl (C=O) groups is 3. The zero-order valence-corrected chi connectivity index (χ0v) is 41.1. The van der Waals surface area contributed by atoms with Crippen LogP contribution in [-0.4, -0.2) is 80.6 Å². The summed E-state index contributed by atoms with van der Waals surface area (Å²) in [6, 6.07) is -0.621. The number of hydrogen-bond donors (Lipinski definition) is 1. The number of carboxylic acids is 1. The van der Waals surface area contributed by atoms with E-state index in [2.05, 4.69) is 62.5 Å². The van der Waals surface area contributed by atoms with Crippen molar-refractivity contribution in [2.24, 2.45) is 0 Å². The molecule has 1 N–H and O–H groups in total. The fourth-order valence-electron chi connectivity index (χ4n) is 7.47. The molecule has 62 heavy (non-hydrogen) atoms. The Hall–Kier alpha value is -2.71. The Kier molecular flexibility index (Phi) is 42.9. The maximum Gasteiger partial charge on any atom is 0.362 e. The van der Waals surface area contributed by atoms with Crippen LogP contribution in [0.2, 0.25) is 0 Å². The molecule has 0 aliphatic rings. The van der Waals surface area contributed by atoms with Crippen LogP contribution >= 0.6 is 0 Å². The summed E-state index contributed by atoms with van der Waals surface area (Å²) >= 11 is 0. The molecule has 0 aromatic rings. The molecule has 8 nitrogen and oxygen atoms in total. The van der Waals surface area contributed by atoms with Crippen LogP contribution in [0.25, 0.3) is 0 Å². The molecule has 0 saturated heterocycles. The van der Waals surface area contributed by atoms with E-state index in [1.807, 2.05) is 21.1 Å². The van der Waals surface area contributed by atoms with Crippen molar-refractivity contribution in [3.63, 3.8) is 0 Å². The highest BCUT2D eigenvalue weighted by molar-refractivity contribution is 5.72. The highest BCUT2D eigenvalue weighted by atomic mass is 16.6. The van der Waals surface area contributed by atoms with E-state index in [9.17, 15) is 19.5 Å². The molecule has 0 radical (unpaired) electrons. The molecule has 0 amide bonds. The fourth-order valence-corrected chi connectivity index (χ4v) is 7.47. The van der Waals surface area contributed by atoms with E-state index in [-0.39, 0.29) is 36.2 Å². The van der Waals surface area contributed by atoms with Crippen LogP contribution in [-0.2, 0) is 28.6 Å². The molecule has 0 fully saturated rings. The third-order valence-electron chi connectivity index (χ3n) is 11.5. The number of unbranched alkanes of at least 4 members (excludes halogenated alkanes) is 25. The van der Waals surface area contributed by atoms with E-state index < -0.39 is 18.1 Å². The molecule has 360 valence electrons. The van der Waals surface area contributed by atoms with Crippen LogP contribution in [0.15, 0.2) is 48.6 Å². The van der Waals surface area contributed by atoms with Gasteiger partial charge in [-0.15, -0.1) is 0 Å². The lowest BCUT2D eigenvalue weighted by molar-refractivity contribution is -0.887. The maximum atomic E-state index is 12.8. The van der Waals surface area contributed by atoms with Crippen LogP contribution in [0.5, 0.6) is 0 Å². The van der Waals surface area contributed by atoms with E-state index in [1.165, 1.54) is 128 Å².